The lowest BCUT2D eigenvalue weighted by Crippen LogP contribution is -2.43. The van der Waals surface area contributed by atoms with Crippen LogP contribution in [0.1, 0.15) is 51.8 Å². The molecule has 0 spiro atoms. The fourth-order valence-corrected chi connectivity index (χ4v) is 4.02. The SMILES string of the molecule is CC(C)C1NC(c2ccsc2)N(CC2(C)CCC2)C1=O. The highest BCUT2D eigenvalue weighted by Crippen LogP contribution is 2.43. The number of carbonyl (C=O) groups excluding carboxylic acids is 1. The van der Waals surface area contributed by atoms with Gasteiger partial charge in [-0.2, -0.15) is 11.3 Å². The summed E-state index contributed by atoms with van der Waals surface area (Å²) < 4.78 is 0. The van der Waals surface area contributed by atoms with Crippen molar-refractivity contribution in [2.45, 2.75) is 52.2 Å². The summed E-state index contributed by atoms with van der Waals surface area (Å²) in [5.41, 5.74) is 1.56. The minimum absolute atomic E-state index is 0.0384. The van der Waals surface area contributed by atoms with Crippen LogP contribution in [0.3, 0.4) is 0 Å². The molecule has 3 rings (SSSR count). The quantitative estimate of drug-likeness (QED) is 0.922. The van der Waals surface area contributed by atoms with Crippen molar-refractivity contribution >= 4 is 17.2 Å². The Morgan fingerprint density at radius 3 is 2.75 bits per heavy atom. The highest BCUT2D eigenvalue weighted by atomic mass is 32.1. The maximum absolute atomic E-state index is 12.7. The van der Waals surface area contributed by atoms with Gasteiger partial charge in [-0.25, -0.2) is 0 Å². The Morgan fingerprint density at radius 2 is 2.25 bits per heavy atom. The summed E-state index contributed by atoms with van der Waals surface area (Å²) in [6.45, 7) is 7.45. The van der Waals surface area contributed by atoms with Crippen LogP contribution in [0, 0.1) is 11.3 Å². The zero-order valence-electron chi connectivity index (χ0n) is 12.6. The van der Waals surface area contributed by atoms with E-state index in [1.165, 1.54) is 24.8 Å². The van der Waals surface area contributed by atoms with Crippen molar-refractivity contribution in [1.29, 1.82) is 0 Å². The van der Waals surface area contributed by atoms with E-state index >= 15 is 0 Å². The molecule has 1 aliphatic heterocycles. The van der Waals surface area contributed by atoms with Gasteiger partial charge < -0.3 is 4.90 Å². The van der Waals surface area contributed by atoms with Crippen molar-refractivity contribution in [3.63, 3.8) is 0 Å². The van der Waals surface area contributed by atoms with Crippen molar-refractivity contribution in [1.82, 2.24) is 10.2 Å². The molecule has 110 valence electrons. The Kier molecular flexibility index (Phi) is 3.63. The molecule has 2 aliphatic rings. The molecule has 2 heterocycles. The Morgan fingerprint density at radius 1 is 1.50 bits per heavy atom. The molecule has 0 radical (unpaired) electrons. The lowest BCUT2D eigenvalue weighted by molar-refractivity contribution is -0.133. The molecule has 20 heavy (non-hydrogen) atoms. The van der Waals surface area contributed by atoms with Crippen LogP contribution in [-0.4, -0.2) is 23.4 Å². The standard InChI is InChI=1S/C16H24N2OS/c1-11(2)13-15(19)18(10-16(3)6-4-7-16)14(17-13)12-5-8-20-9-12/h5,8-9,11,13-14,17H,4,6-7,10H2,1-3H3. The van der Waals surface area contributed by atoms with Gasteiger partial charge in [-0.15, -0.1) is 0 Å². The normalized spacial score (nSPS) is 29.0. The minimum atomic E-state index is -0.0384. The molecule has 4 heteroatoms. The molecule has 2 atom stereocenters. The van der Waals surface area contributed by atoms with Crippen molar-refractivity contribution in [3.05, 3.63) is 22.4 Å². The second kappa shape index (κ2) is 5.15. The second-order valence-corrected chi connectivity index (χ2v) is 7.76. The lowest BCUT2D eigenvalue weighted by atomic mass is 9.70. The average Bonchev–Trinajstić information content (AvgIpc) is 2.97. The van der Waals surface area contributed by atoms with Gasteiger partial charge in [0.1, 0.15) is 6.17 Å². The van der Waals surface area contributed by atoms with E-state index in [9.17, 15) is 4.79 Å². The van der Waals surface area contributed by atoms with Gasteiger partial charge in [-0.05, 0) is 46.6 Å². The summed E-state index contributed by atoms with van der Waals surface area (Å²) in [6.07, 6.45) is 3.88. The molecule has 1 amide bonds. The summed E-state index contributed by atoms with van der Waals surface area (Å²) in [4.78, 5) is 14.8. The monoisotopic (exact) mass is 292 g/mol. The van der Waals surface area contributed by atoms with Gasteiger partial charge >= 0.3 is 0 Å². The van der Waals surface area contributed by atoms with Gasteiger partial charge in [0.25, 0.3) is 0 Å². The topological polar surface area (TPSA) is 32.3 Å². The van der Waals surface area contributed by atoms with Crippen molar-refractivity contribution in [3.8, 4) is 0 Å². The highest BCUT2D eigenvalue weighted by molar-refractivity contribution is 7.07. The van der Waals surface area contributed by atoms with E-state index in [0.717, 1.165) is 6.54 Å². The number of carbonyl (C=O) groups is 1. The van der Waals surface area contributed by atoms with Crippen LogP contribution in [-0.2, 0) is 4.79 Å². The summed E-state index contributed by atoms with van der Waals surface area (Å²) >= 11 is 1.70. The first kappa shape index (κ1) is 14.1. The van der Waals surface area contributed by atoms with Crippen LogP contribution in [0.2, 0.25) is 0 Å². The van der Waals surface area contributed by atoms with Gasteiger partial charge in [0.05, 0.1) is 6.04 Å². The van der Waals surface area contributed by atoms with Gasteiger partial charge in [0.2, 0.25) is 5.91 Å². The molecule has 2 fully saturated rings. The number of rotatable bonds is 4. The summed E-state index contributed by atoms with van der Waals surface area (Å²) in [6, 6.07) is 2.10. The van der Waals surface area contributed by atoms with Crippen LogP contribution in [0.15, 0.2) is 16.8 Å². The Balaban J connectivity index is 1.84. The number of amides is 1. The number of hydrogen-bond donors (Lipinski definition) is 1. The molecule has 1 saturated heterocycles. The molecule has 2 unspecified atom stereocenters. The van der Waals surface area contributed by atoms with E-state index in [1.54, 1.807) is 11.3 Å². The molecular weight excluding hydrogens is 268 g/mol. The van der Waals surface area contributed by atoms with Crippen molar-refractivity contribution in [2.75, 3.05) is 6.54 Å². The lowest BCUT2D eigenvalue weighted by Gasteiger charge is -2.42. The van der Waals surface area contributed by atoms with E-state index < -0.39 is 0 Å². The molecule has 0 aromatic carbocycles. The first-order valence-corrected chi connectivity index (χ1v) is 8.53. The molecule has 1 aromatic rings. The van der Waals surface area contributed by atoms with Crippen LogP contribution < -0.4 is 5.32 Å². The maximum atomic E-state index is 12.7. The molecule has 0 bridgehead atoms. The first-order chi connectivity index (χ1) is 9.50. The Labute approximate surface area is 125 Å². The van der Waals surface area contributed by atoms with Crippen molar-refractivity contribution in [2.24, 2.45) is 11.3 Å². The number of thiophene rings is 1. The van der Waals surface area contributed by atoms with E-state index in [2.05, 4.69) is 47.8 Å². The highest BCUT2D eigenvalue weighted by Gasteiger charge is 2.45. The maximum Gasteiger partial charge on any atom is 0.241 e. The summed E-state index contributed by atoms with van der Waals surface area (Å²) in [5, 5.41) is 7.79. The summed E-state index contributed by atoms with van der Waals surface area (Å²) in [5.74, 6) is 0.618. The van der Waals surface area contributed by atoms with E-state index in [1.807, 2.05) is 0 Å². The van der Waals surface area contributed by atoms with Gasteiger partial charge in [0, 0.05) is 6.54 Å². The fraction of sp³-hybridized carbons (Fsp3) is 0.688. The molecular formula is C16H24N2OS. The van der Waals surface area contributed by atoms with Crippen LogP contribution in [0.4, 0.5) is 0 Å². The number of nitrogens with one attached hydrogen (secondary N) is 1. The van der Waals surface area contributed by atoms with E-state index in [0.29, 0.717) is 11.3 Å². The molecule has 1 N–H and O–H groups in total. The number of nitrogens with zero attached hydrogens (tertiary/aromatic N) is 1. The van der Waals surface area contributed by atoms with Crippen molar-refractivity contribution < 1.29 is 4.79 Å². The zero-order valence-corrected chi connectivity index (χ0v) is 13.4. The smallest absolute Gasteiger partial charge is 0.241 e. The van der Waals surface area contributed by atoms with Crippen LogP contribution >= 0.6 is 11.3 Å². The molecule has 1 aliphatic carbocycles. The van der Waals surface area contributed by atoms with Crippen LogP contribution in [0.25, 0.3) is 0 Å². The zero-order chi connectivity index (χ0) is 14.3. The third-order valence-electron chi connectivity index (χ3n) is 4.84. The van der Waals surface area contributed by atoms with E-state index in [-0.39, 0.29) is 18.1 Å². The third-order valence-corrected chi connectivity index (χ3v) is 5.54. The van der Waals surface area contributed by atoms with Gasteiger partial charge in [0.15, 0.2) is 0 Å². The number of hydrogen-bond acceptors (Lipinski definition) is 3. The summed E-state index contributed by atoms with van der Waals surface area (Å²) in [7, 11) is 0. The predicted molar refractivity (Wildman–Crippen MR) is 82.5 cm³/mol. The molecule has 1 aromatic heterocycles. The largest absolute Gasteiger partial charge is 0.321 e. The van der Waals surface area contributed by atoms with Gasteiger partial charge in [-0.3, -0.25) is 10.1 Å². The van der Waals surface area contributed by atoms with Gasteiger partial charge in [-0.1, -0.05) is 27.2 Å². The Hall–Kier alpha value is -0.870. The molecule has 3 nitrogen and oxygen atoms in total. The predicted octanol–water partition coefficient (Wildman–Crippen LogP) is 3.39. The van der Waals surface area contributed by atoms with Crippen LogP contribution in [0.5, 0.6) is 0 Å². The first-order valence-electron chi connectivity index (χ1n) is 7.59. The second-order valence-electron chi connectivity index (χ2n) is 6.98. The Bertz CT molecular complexity index is 479. The molecule has 1 saturated carbocycles. The van der Waals surface area contributed by atoms with E-state index in [4.69, 9.17) is 0 Å². The fourth-order valence-electron chi connectivity index (χ4n) is 3.34. The average molecular weight is 292 g/mol. The third kappa shape index (κ3) is 2.40. The minimum Gasteiger partial charge on any atom is -0.321 e.